The van der Waals surface area contributed by atoms with Gasteiger partial charge in [-0.05, 0) is 30.5 Å². The molecule has 9 heteroatoms. The number of nitrogens with zero attached hydrogens (tertiary/aromatic N) is 1. The predicted octanol–water partition coefficient (Wildman–Crippen LogP) is 5.57. The summed E-state index contributed by atoms with van der Waals surface area (Å²) < 4.78 is 75.6. The van der Waals surface area contributed by atoms with Gasteiger partial charge in [0.2, 0.25) is 0 Å². The molecular weight excluding hydrogens is 376 g/mol. The largest absolute Gasteiger partial charge is 0.472 e. The molecule has 2 amide bonds. The van der Waals surface area contributed by atoms with E-state index in [4.69, 9.17) is 0 Å². The summed E-state index contributed by atoms with van der Waals surface area (Å²) in [7, 11) is 0. The number of alkyl halides is 6. The number of hydrogen-bond donors (Lipinski definition) is 0. The summed E-state index contributed by atoms with van der Waals surface area (Å²) in [5.41, 5.74) is -0.0700. The molecule has 0 atom stereocenters. The maximum Gasteiger partial charge on any atom is 0.472 e. The molecule has 1 aromatic rings. The van der Waals surface area contributed by atoms with Gasteiger partial charge in [-0.25, -0.2) is 4.90 Å². The molecule has 0 saturated heterocycles. The zero-order chi connectivity index (χ0) is 20.7. The van der Waals surface area contributed by atoms with Crippen LogP contribution in [0.1, 0.15) is 51.0 Å². The summed E-state index contributed by atoms with van der Waals surface area (Å²) in [4.78, 5) is 21.8. The van der Waals surface area contributed by atoms with Crippen molar-refractivity contribution in [1.29, 1.82) is 0 Å². The van der Waals surface area contributed by atoms with Crippen molar-refractivity contribution in [1.82, 2.24) is 0 Å². The Morgan fingerprint density at radius 1 is 0.778 bits per heavy atom. The van der Waals surface area contributed by atoms with Crippen molar-refractivity contribution in [3.8, 4) is 0 Å². The first-order valence-electron chi connectivity index (χ1n) is 8.59. The van der Waals surface area contributed by atoms with Gasteiger partial charge in [-0.1, -0.05) is 51.2 Å². The third kappa shape index (κ3) is 7.22. The highest BCUT2D eigenvalue weighted by molar-refractivity contribution is 6.18. The minimum atomic E-state index is -5.61. The molecule has 0 radical (unpaired) electrons. The average molecular weight is 397 g/mol. The molecule has 0 aliphatic heterocycles. The molecule has 0 aromatic heterocycles. The molecule has 27 heavy (non-hydrogen) atoms. The lowest BCUT2D eigenvalue weighted by Gasteiger charge is -2.23. The molecule has 152 valence electrons. The topological polar surface area (TPSA) is 37.4 Å². The second-order valence-corrected chi connectivity index (χ2v) is 6.13. The number of benzene rings is 1. The molecule has 0 aliphatic carbocycles. The van der Waals surface area contributed by atoms with E-state index in [0.29, 0.717) is 12.0 Å². The van der Waals surface area contributed by atoms with E-state index in [1.54, 1.807) is 0 Å². The maximum absolute atomic E-state index is 12.6. The summed E-state index contributed by atoms with van der Waals surface area (Å²) in [6.07, 6.45) is -4.40. The number of amides is 2. The van der Waals surface area contributed by atoms with Crippen molar-refractivity contribution >= 4 is 17.5 Å². The molecule has 1 aromatic carbocycles. The first kappa shape index (κ1) is 23.0. The quantitative estimate of drug-likeness (QED) is 0.425. The minimum Gasteiger partial charge on any atom is -0.263 e. The Kier molecular flexibility index (Phi) is 8.30. The van der Waals surface area contributed by atoms with Gasteiger partial charge in [0, 0.05) is 0 Å². The second-order valence-electron chi connectivity index (χ2n) is 6.13. The molecule has 0 fully saturated rings. The van der Waals surface area contributed by atoms with Crippen molar-refractivity contribution in [2.24, 2.45) is 0 Å². The smallest absolute Gasteiger partial charge is 0.263 e. The average Bonchev–Trinajstić information content (AvgIpc) is 2.57. The van der Waals surface area contributed by atoms with E-state index in [2.05, 4.69) is 6.92 Å². The number of anilines is 1. The number of carbonyl (C=O) groups excluding carboxylic acids is 2. The van der Waals surface area contributed by atoms with Gasteiger partial charge in [-0.3, -0.25) is 9.59 Å². The summed E-state index contributed by atoms with van der Waals surface area (Å²) >= 11 is 0. The van der Waals surface area contributed by atoms with Crippen LogP contribution in [0.3, 0.4) is 0 Å². The van der Waals surface area contributed by atoms with Crippen molar-refractivity contribution in [3.05, 3.63) is 29.8 Å². The van der Waals surface area contributed by atoms with Crippen molar-refractivity contribution < 1.29 is 35.9 Å². The minimum absolute atomic E-state index is 0.604. The van der Waals surface area contributed by atoms with E-state index in [1.165, 1.54) is 12.1 Å². The third-order valence-electron chi connectivity index (χ3n) is 3.90. The Labute approximate surface area is 153 Å². The Balaban J connectivity index is 2.86. The van der Waals surface area contributed by atoms with Crippen LogP contribution in [0.25, 0.3) is 0 Å². The number of aryl methyl sites for hydroxylation is 1. The van der Waals surface area contributed by atoms with Gasteiger partial charge >= 0.3 is 24.2 Å². The van der Waals surface area contributed by atoms with Crippen LogP contribution in [0.4, 0.5) is 32.0 Å². The third-order valence-corrected chi connectivity index (χ3v) is 3.90. The second kappa shape index (κ2) is 9.75. The van der Waals surface area contributed by atoms with Crippen LogP contribution in [0.2, 0.25) is 0 Å². The van der Waals surface area contributed by atoms with Crippen molar-refractivity contribution in [2.45, 2.75) is 64.2 Å². The molecule has 0 unspecified atom stereocenters. The van der Waals surface area contributed by atoms with Crippen molar-refractivity contribution in [3.63, 3.8) is 0 Å². The van der Waals surface area contributed by atoms with Gasteiger partial charge in [0.15, 0.2) is 0 Å². The fourth-order valence-electron chi connectivity index (χ4n) is 2.50. The Bertz CT molecular complexity index is 596. The highest BCUT2D eigenvalue weighted by Crippen LogP contribution is 2.29. The summed E-state index contributed by atoms with van der Waals surface area (Å²) in [5, 5.41) is 0. The lowest BCUT2D eigenvalue weighted by atomic mass is 10.0. The highest BCUT2D eigenvalue weighted by Gasteiger charge is 2.52. The maximum atomic E-state index is 12.6. The van der Waals surface area contributed by atoms with E-state index in [0.717, 1.165) is 50.7 Å². The van der Waals surface area contributed by atoms with Gasteiger partial charge < -0.3 is 0 Å². The zero-order valence-electron chi connectivity index (χ0n) is 14.8. The fourth-order valence-corrected chi connectivity index (χ4v) is 2.50. The van der Waals surface area contributed by atoms with Crippen LogP contribution >= 0.6 is 0 Å². The SMILES string of the molecule is CCCCCCCCc1ccc(N(C(=O)C(F)(F)F)C(=O)C(F)(F)F)cc1. The molecule has 3 nitrogen and oxygen atoms in total. The highest BCUT2D eigenvalue weighted by atomic mass is 19.4. The molecule has 0 spiro atoms. The molecule has 0 bridgehead atoms. The first-order chi connectivity index (χ1) is 12.5. The molecular formula is C18H21F6NO2. The Morgan fingerprint density at radius 2 is 1.22 bits per heavy atom. The molecule has 0 saturated carbocycles. The van der Waals surface area contributed by atoms with Crippen LogP contribution in [0.15, 0.2) is 24.3 Å². The van der Waals surface area contributed by atoms with Gasteiger partial charge in [-0.2, -0.15) is 26.3 Å². The number of imide groups is 1. The Morgan fingerprint density at radius 3 is 1.67 bits per heavy atom. The van der Waals surface area contributed by atoms with E-state index < -0.39 is 34.8 Å². The van der Waals surface area contributed by atoms with E-state index in [9.17, 15) is 35.9 Å². The van der Waals surface area contributed by atoms with E-state index >= 15 is 0 Å². The normalized spacial score (nSPS) is 12.1. The lowest BCUT2D eigenvalue weighted by Crippen LogP contribution is -2.50. The summed E-state index contributed by atoms with van der Waals surface area (Å²) in [6, 6.07) is 4.47. The van der Waals surface area contributed by atoms with Crippen LogP contribution in [0, 0.1) is 0 Å². The molecule has 1 rings (SSSR count). The molecule has 0 heterocycles. The van der Waals surface area contributed by atoms with Crippen LogP contribution in [-0.4, -0.2) is 24.2 Å². The monoisotopic (exact) mass is 397 g/mol. The first-order valence-corrected chi connectivity index (χ1v) is 8.59. The molecule has 0 N–H and O–H groups in total. The number of carbonyl (C=O) groups is 2. The van der Waals surface area contributed by atoms with E-state index in [1.807, 2.05) is 0 Å². The lowest BCUT2D eigenvalue weighted by molar-refractivity contribution is -0.181. The zero-order valence-corrected chi connectivity index (χ0v) is 14.8. The number of unbranched alkanes of at least 4 members (excludes halogenated alkanes) is 5. The van der Waals surface area contributed by atoms with Gasteiger partial charge in [0.05, 0.1) is 5.69 Å². The summed E-state index contributed by atoms with van der Waals surface area (Å²) in [5.74, 6) is -5.76. The standard InChI is InChI=1S/C18H21F6NO2/c1-2-3-4-5-6-7-8-13-9-11-14(12-10-13)25(15(26)17(19,20)21)16(27)18(22,23)24/h9-12H,2-8H2,1H3. The van der Waals surface area contributed by atoms with Crippen molar-refractivity contribution in [2.75, 3.05) is 4.90 Å². The summed E-state index contributed by atoms with van der Waals surface area (Å²) in [6.45, 7) is 2.10. The van der Waals surface area contributed by atoms with Crippen LogP contribution < -0.4 is 4.90 Å². The fraction of sp³-hybridized carbons (Fsp3) is 0.556. The number of rotatable bonds is 8. The van der Waals surface area contributed by atoms with Crippen LogP contribution in [-0.2, 0) is 16.0 Å². The van der Waals surface area contributed by atoms with Crippen LogP contribution in [0.5, 0.6) is 0 Å². The number of halogens is 6. The predicted molar refractivity (Wildman–Crippen MR) is 88.1 cm³/mol. The Hall–Kier alpha value is -2.06. The van der Waals surface area contributed by atoms with Gasteiger partial charge in [0.1, 0.15) is 0 Å². The molecule has 0 aliphatic rings. The van der Waals surface area contributed by atoms with E-state index in [-0.39, 0.29) is 0 Å². The van der Waals surface area contributed by atoms with Gasteiger partial charge in [0.25, 0.3) is 0 Å². The van der Waals surface area contributed by atoms with Gasteiger partial charge in [-0.15, -0.1) is 0 Å². The number of hydrogen-bond acceptors (Lipinski definition) is 2.